The molecule has 112 valence electrons. The third-order valence-electron chi connectivity index (χ3n) is 2.60. The lowest BCUT2D eigenvalue weighted by molar-refractivity contribution is 0.0635. The summed E-state index contributed by atoms with van der Waals surface area (Å²) in [5, 5.41) is 11.9. The van der Waals surface area contributed by atoms with Crippen molar-refractivity contribution in [3.05, 3.63) is 28.7 Å². The third kappa shape index (κ3) is 4.38. The molecule has 1 rings (SSSR count). The molecular weight excluding hydrogens is 260 g/mol. The van der Waals surface area contributed by atoms with Crippen LogP contribution in [-0.2, 0) is 10.3 Å². The Labute approximate surface area is 118 Å². The summed E-state index contributed by atoms with van der Waals surface area (Å²) in [6, 6.07) is 2.83. The summed E-state index contributed by atoms with van der Waals surface area (Å²) in [4.78, 5) is 23.5. The van der Waals surface area contributed by atoms with Crippen LogP contribution < -0.4 is 10.9 Å². The predicted molar refractivity (Wildman–Crippen MR) is 77.0 cm³/mol. The first-order valence-electron chi connectivity index (χ1n) is 6.39. The van der Waals surface area contributed by atoms with E-state index in [1.54, 1.807) is 34.6 Å². The number of hydrogen-bond acceptors (Lipinski definition) is 4. The van der Waals surface area contributed by atoms with E-state index in [-0.39, 0.29) is 12.2 Å². The van der Waals surface area contributed by atoms with E-state index >= 15 is 0 Å². The second-order valence-corrected chi connectivity index (χ2v) is 6.22. The molecule has 0 saturated heterocycles. The van der Waals surface area contributed by atoms with Gasteiger partial charge < -0.3 is 14.4 Å². The normalized spacial score (nSPS) is 12.1. The molecule has 1 amide bonds. The third-order valence-corrected chi connectivity index (χ3v) is 2.60. The van der Waals surface area contributed by atoms with Crippen molar-refractivity contribution in [3.63, 3.8) is 0 Å². The van der Waals surface area contributed by atoms with E-state index in [1.807, 2.05) is 0 Å². The van der Waals surface area contributed by atoms with Crippen LogP contribution in [0.1, 0.15) is 34.6 Å². The van der Waals surface area contributed by atoms with Gasteiger partial charge in [-0.25, -0.2) is 4.79 Å². The quantitative estimate of drug-likeness (QED) is 0.887. The van der Waals surface area contributed by atoms with Gasteiger partial charge >= 0.3 is 6.09 Å². The highest BCUT2D eigenvalue weighted by molar-refractivity contribution is 5.84. The Kier molecular flexibility index (Phi) is 4.60. The summed E-state index contributed by atoms with van der Waals surface area (Å²) in [5.74, 6) is 0. The first kappa shape index (κ1) is 16.2. The standard InChI is InChI=1S/C14H22N2O4/c1-13(2,3)20-12(19)15-10-6-7-11(18)16(8-10)14(4,5)9-17/h6-8,17H,9H2,1-5H3,(H,15,19). The van der Waals surface area contributed by atoms with Crippen molar-refractivity contribution in [3.8, 4) is 0 Å². The molecule has 0 bridgehead atoms. The second-order valence-electron chi connectivity index (χ2n) is 6.22. The number of ether oxygens (including phenoxy) is 1. The molecule has 0 saturated carbocycles. The van der Waals surface area contributed by atoms with Crippen molar-refractivity contribution in [2.24, 2.45) is 0 Å². The zero-order valence-electron chi connectivity index (χ0n) is 12.6. The Hall–Kier alpha value is -1.82. The molecule has 1 aromatic heterocycles. The van der Waals surface area contributed by atoms with E-state index in [9.17, 15) is 14.7 Å². The van der Waals surface area contributed by atoms with Gasteiger partial charge in [-0.05, 0) is 40.7 Å². The molecule has 6 heteroatoms. The molecule has 0 aliphatic carbocycles. The Morgan fingerprint density at radius 1 is 1.30 bits per heavy atom. The zero-order valence-corrected chi connectivity index (χ0v) is 12.6. The number of aromatic nitrogens is 1. The van der Waals surface area contributed by atoms with Crippen LogP contribution in [0.15, 0.2) is 23.1 Å². The maximum absolute atomic E-state index is 11.8. The number of carbonyl (C=O) groups is 1. The van der Waals surface area contributed by atoms with Crippen molar-refractivity contribution in [1.82, 2.24) is 4.57 Å². The van der Waals surface area contributed by atoms with Gasteiger partial charge in [0.2, 0.25) is 0 Å². The summed E-state index contributed by atoms with van der Waals surface area (Å²) >= 11 is 0. The van der Waals surface area contributed by atoms with E-state index in [4.69, 9.17) is 4.74 Å². The maximum atomic E-state index is 11.8. The average Bonchev–Trinajstić information content (AvgIpc) is 2.29. The Morgan fingerprint density at radius 3 is 2.40 bits per heavy atom. The second kappa shape index (κ2) is 5.66. The monoisotopic (exact) mass is 282 g/mol. The number of aliphatic hydroxyl groups is 1. The average molecular weight is 282 g/mol. The summed E-state index contributed by atoms with van der Waals surface area (Å²) < 4.78 is 6.51. The SMILES string of the molecule is CC(C)(C)OC(=O)Nc1ccc(=O)n(C(C)(C)CO)c1. The van der Waals surface area contributed by atoms with Gasteiger partial charge in [0.05, 0.1) is 17.8 Å². The van der Waals surface area contributed by atoms with E-state index in [1.165, 1.54) is 22.9 Å². The highest BCUT2D eigenvalue weighted by atomic mass is 16.6. The van der Waals surface area contributed by atoms with Crippen molar-refractivity contribution in [2.75, 3.05) is 11.9 Å². The summed E-state index contributed by atoms with van der Waals surface area (Å²) in [7, 11) is 0. The van der Waals surface area contributed by atoms with Crippen molar-refractivity contribution in [1.29, 1.82) is 0 Å². The summed E-state index contributed by atoms with van der Waals surface area (Å²) in [5.41, 5.74) is -1.16. The van der Waals surface area contributed by atoms with Gasteiger partial charge in [-0.15, -0.1) is 0 Å². The highest BCUT2D eigenvalue weighted by Gasteiger charge is 2.21. The van der Waals surface area contributed by atoms with Gasteiger partial charge in [0.25, 0.3) is 5.56 Å². The molecule has 2 N–H and O–H groups in total. The topological polar surface area (TPSA) is 80.6 Å². The van der Waals surface area contributed by atoms with E-state index in [0.29, 0.717) is 5.69 Å². The molecule has 6 nitrogen and oxygen atoms in total. The molecule has 0 aliphatic rings. The number of aliphatic hydroxyl groups excluding tert-OH is 1. The van der Waals surface area contributed by atoms with Crippen LogP contribution >= 0.6 is 0 Å². The van der Waals surface area contributed by atoms with Crippen molar-refractivity contribution >= 4 is 11.8 Å². The lowest BCUT2D eigenvalue weighted by Crippen LogP contribution is -2.38. The zero-order chi connectivity index (χ0) is 15.6. The van der Waals surface area contributed by atoms with E-state index in [0.717, 1.165) is 0 Å². The number of nitrogens with zero attached hydrogens (tertiary/aromatic N) is 1. The fraction of sp³-hybridized carbons (Fsp3) is 0.571. The molecule has 0 spiro atoms. The smallest absolute Gasteiger partial charge is 0.412 e. The van der Waals surface area contributed by atoms with Gasteiger partial charge in [-0.1, -0.05) is 0 Å². The van der Waals surface area contributed by atoms with Crippen LogP contribution in [0.5, 0.6) is 0 Å². The number of amides is 1. The van der Waals surface area contributed by atoms with Gasteiger partial charge in [0, 0.05) is 12.3 Å². The number of rotatable bonds is 3. The molecular formula is C14H22N2O4. The van der Waals surface area contributed by atoms with Crippen molar-refractivity contribution in [2.45, 2.75) is 45.8 Å². The van der Waals surface area contributed by atoms with Crippen LogP contribution in [-0.4, -0.2) is 28.0 Å². The van der Waals surface area contributed by atoms with Crippen LogP contribution in [0.25, 0.3) is 0 Å². The number of anilines is 1. The minimum absolute atomic E-state index is 0.192. The van der Waals surface area contributed by atoms with E-state index < -0.39 is 17.2 Å². The van der Waals surface area contributed by atoms with Crippen molar-refractivity contribution < 1.29 is 14.6 Å². The molecule has 20 heavy (non-hydrogen) atoms. The van der Waals surface area contributed by atoms with Crippen LogP contribution in [0.4, 0.5) is 10.5 Å². The molecule has 0 fully saturated rings. The summed E-state index contributed by atoms with van der Waals surface area (Å²) in [6.45, 7) is 8.56. The van der Waals surface area contributed by atoms with Crippen LogP contribution in [0, 0.1) is 0 Å². The number of pyridine rings is 1. The van der Waals surface area contributed by atoms with E-state index in [2.05, 4.69) is 5.32 Å². The van der Waals surface area contributed by atoms with Gasteiger partial charge in [-0.3, -0.25) is 10.1 Å². The van der Waals surface area contributed by atoms with Gasteiger partial charge in [0.1, 0.15) is 5.60 Å². The molecule has 0 aromatic carbocycles. The largest absolute Gasteiger partial charge is 0.444 e. The number of hydrogen-bond donors (Lipinski definition) is 2. The minimum atomic E-state index is -0.747. The molecule has 0 unspecified atom stereocenters. The van der Waals surface area contributed by atoms with Crippen LogP contribution in [0.3, 0.4) is 0 Å². The molecule has 0 radical (unpaired) electrons. The molecule has 1 heterocycles. The fourth-order valence-corrected chi connectivity index (χ4v) is 1.53. The molecule has 1 aromatic rings. The Morgan fingerprint density at radius 2 is 1.90 bits per heavy atom. The first-order chi connectivity index (χ1) is 9.05. The van der Waals surface area contributed by atoms with Crippen LogP contribution in [0.2, 0.25) is 0 Å². The lowest BCUT2D eigenvalue weighted by Gasteiger charge is -2.26. The molecule has 0 atom stereocenters. The highest BCUT2D eigenvalue weighted by Crippen LogP contribution is 2.15. The number of carbonyl (C=O) groups excluding carboxylic acids is 1. The number of nitrogens with one attached hydrogen (secondary N) is 1. The molecule has 0 aliphatic heterocycles. The summed E-state index contributed by atoms with van der Waals surface area (Å²) in [6.07, 6.45) is 0.896. The Bertz CT molecular complexity index is 541. The fourth-order valence-electron chi connectivity index (χ4n) is 1.53. The predicted octanol–water partition coefficient (Wildman–Crippen LogP) is 1.92. The first-order valence-corrected chi connectivity index (χ1v) is 6.39. The van der Waals surface area contributed by atoms with Gasteiger partial charge in [-0.2, -0.15) is 0 Å². The van der Waals surface area contributed by atoms with Gasteiger partial charge in [0.15, 0.2) is 0 Å². The minimum Gasteiger partial charge on any atom is -0.444 e. The maximum Gasteiger partial charge on any atom is 0.412 e. The lowest BCUT2D eigenvalue weighted by atomic mass is 10.1. The Balaban J connectivity index is 2.97.